The molecule has 80 valence electrons. The van der Waals surface area contributed by atoms with Gasteiger partial charge in [0, 0.05) is 15.1 Å². The fourth-order valence-electron chi connectivity index (χ4n) is 1.92. The summed E-state index contributed by atoms with van der Waals surface area (Å²) in [6.45, 7) is 0. The second kappa shape index (κ2) is 4.54. The van der Waals surface area contributed by atoms with Crippen LogP contribution in [0.1, 0.15) is 24.0 Å². The number of halogens is 2. The summed E-state index contributed by atoms with van der Waals surface area (Å²) in [4.78, 5) is 4.86. The predicted molar refractivity (Wildman–Crippen MR) is 65.6 cm³/mol. The second-order valence-electron chi connectivity index (χ2n) is 3.50. The molecule has 0 N–H and O–H groups in total. The Morgan fingerprint density at radius 3 is 2.93 bits per heavy atom. The van der Waals surface area contributed by atoms with Gasteiger partial charge in [-0.25, -0.2) is 0 Å². The minimum Gasteiger partial charge on any atom is -0.399 e. The molecule has 0 spiro atoms. The van der Waals surface area contributed by atoms with E-state index < -0.39 is 0 Å². The highest BCUT2D eigenvalue weighted by Gasteiger charge is 2.19. The van der Waals surface area contributed by atoms with Crippen molar-refractivity contribution in [2.45, 2.75) is 19.3 Å². The Hall–Kier alpha value is -0.540. The van der Waals surface area contributed by atoms with E-state index in [0.29, 0.717) is 0 Å². The summed E-state index contributed by atoms with van der Waals surface area (Å²) in [5.74, 6) is 0. The van der Waals surface area contributed by atoms with Crippen LogP contribution in [0.25, 0.3) is 0 Å². The summed E-state index contributed by atoms with van der Waals surface area (Å²) in [6.07, 6.45) is 3.11. The highest BCUT2D eigenvalue weighted by Crippen LogP contribution is 2.31. The smallest absolute Gasteiger partial charge is 0.106 e. The summed E-state index contributed by atoms with van der Waals surface area (Å²) in [5, 5.41) is 4.82. The van der Waals surface area contributed by atoms with Crippen LogP contribution in [0.5, 0.6) is 0 Å². The molecule has 4 heteroatoms. The van der Waals surface area contributed by atoms with Gasteiger partial charge in [0.15, 0.2) is 0 Å². The number of benzene rings is 1. The molecule has 1 aliphatic rings. The molecule has 0 unspecified atom stereocenters. The van der Waals surface area contributed by atoms with Crippen LogP contribution in [0.4, 0.5) is 0 Å². The standard InChI is InChI=1S/C11H11BrClNO/c1-15-14-10-4-2-3-7-5-8(13)6-9(12)11(7)10/h5-6H,2-4H2,1H3/b14-10+. The monoisotopic (exact) mass is 287 g/mol. The molecule has 0 atom stereocenters. The zero-order valence-electron chi connectivity index (χ0n) is 8.39. The Labute approximate surface area is 102 Å². The minimum atomic E-state index is 0.763. The minimum absolute atomic E-state index is 0.763. The molecule has 1 aromatic carbocycles. The van der Waals surface area contributed by atoms with Crippen molar-refractivity contribution in [3.05, 3.63) is 32.8 Å². The molecule has 0 radical (unpaired) electrons. The highest BCUT2D eigenvalue weighted by molar-refractivity contribution is 9.10. The molecule has 0 heterocycles. The Morgan fingerprint density at radius 1 is 1.40 bits per heavy atom. The van der Waals surface area contributed by atoms with E-state index >= 15 is 0 Å². The molecule has 0 saturated carbocycles. The largest absolute Gasteiger partial charge is 0.399 e. The lowest BCUT2D eigenvalue weighted by Gasteiger charge is -2.19. The maximum absolute atomic E-state index is 6.01. The molecule has 2 nitrogen and oxygen atoms in total. The normalized spacial score (nSPS) is 17.7. The average molecular weight is 289 g/mol. The van der Waals surface area contributed by atoms with Gasteiger partial charge in [0.1, 0.15) is 7.11 Å². The fourth-order valence-corrected chi connectivity index (χ4v) is 3.02. The van der Waals surface area contributed by atoms with Gasteiger partial charge >= 0.3 is 0 Å². The maximum atomic E-state index is 6.01. The summed E-state index contributed by atoms with van der Waals surface area (Å²) in [5.41, 5.74) is 3.39. The first-order valence-corrected chi connectivity index (χ1v) is 5.98. The van der Waals surface area contributed by atoms with Crippen molar-refractivity contribution in [2.75, 3.05) is 7.11 Å². The first-order valence-electron chi connectivity index (χ1n) is 4.80. The maximum Gasteiger partial charge on any atom is 0.106 e. The van der Waals surface area contributed by atoms with Gasteiger partial charge < -0.3 is 4.84 Å². The summed E-state index contributed by atoms with van der Waals surface area (Å²) < 4.78 is 1.00. The van der Waals surface area contributed by atoms with Gasteiger partial charge in [-0.15, -0.1) is 0 Å². The summed E-state index contributed by atoms with van der Waals surface area (Å²) >= 11 is 9.53. The molecule has 1 aromatic rings. The van der Waals surface area contributed by atoms with E-state index in [2.05, 4.69) is 21.1 Å². The Kier molecular flexibility index (Phi) is 3.32. The lowest BCUT2D eigenvalue weighted by molar-refractivity contribution is 0.212. The van der Waals surface area contributed by atoms with E-state index in [4.69, 9.17) is 16.4 Å². The molecule has 1 aliphatic carbocycles. The van der Waals surface area contributed by atoms with Gasteiger partial charge in [-0.2, -0.15) is 0 Å². The molecule has 0 saturated heterocycles. The number of nitrogens with zero attached hydrogens (tertiary/aromatic N) is 1. The molecule has 0 fully saturated rings. The average Bonchev–Trinajstić information content (AvgIpc) is 2.17. The molecule has 0 amide bonds. The van der Waals surface area contributed by atoms with E-state index in [-0.39, 0.29) is 0 Å². The van der Waals surface area contributed by atoms with Crippen LogP contribution in [0.2, 0.25) is 5.02 Å². The molecule has 15 heavy (non-hydrogen) atoms. The number of aryl methyl sites for hydroxylation is 1. The van der Waals surface area contributed by atoms with Crippen LogP contribution >= 0.6 is 27.5 Å². The Bertz CT molecular complexity index is 417. The Balaban J connectivity index is 2.56. The van der Waals surface area contributed by atoms with Gasteiger partial charge in [-0.1, -0.05) is 32.7 Å². The number of oxime groups is 1. The van der Waals surface area contributed by atoms with Crippen molar-refractivity contribution in [1.29, 1.82) is 0 Å². The van der Waals surface area contributed by atoms with Gasteiger partial charge in [0.2, 0.25) is 0 Å². The van der Waals surface area contributed by atoms with Crippen LogP contribution in [-0.4, -0.2) is 12.8 Å². The molecule has 0 bridgehead atoms. The lowest BCUT2D eigenvalue weighted by atomic mass is 9.90. The summed E-state index contributed by atoms with van der Waals surface area (Å²) in [6, 6.07) is 3.91. The zero-order valence-corrected chi connectivity index (χ0v) is 10.7. The van der Waals surface area contributed by atoms with Crippen LogP contribution in [-0.2, 0) is 11.3 Å². The second-order valence-corrected chi connectivity index (χ2v) is 4.79. The van der Waals surface area contributed by atoms with E-state index in [1.165, 1.54) is 5.56 Å². The Morgan fingerprint density at radius 2 is 2.20 bits per heavy atom. The first kappa shape index (κ1) is 11.0. The van der Waals surface area contributed by atoms with Crippen LogP contribution in [0, 0.1) is 0 Å². The fraction of sp³-hybridized carbons (Fsp3) is 0.364. The third-order valence-electron chi connectivity index (χ3n) is 2.49. The van der Waals surface area contributed by atoms with Gasteiger partial charge in [0.05, 0.1) is 5.71 Å². The number of fused-ring (bicyclic) bond motifs is 1. The highest BCUT2D eigenvalue weighted by atomic mass is 79.9. The number of hydrogen-bond donors (Lipinski definition) is 0. The lowest BCUT2D eigenvalue weighted by Crippen LogP contribution is -2.13. The SMILES string of the molecule is CO/N=C1\CCCc2cc(Cl)cc(Br)c21. The van der Waals surface area contributed by atoms with Gasteiger partial charge in [-0.05, 0) is 37.0 Å². The third-order valence-corrected chi connectivity index (χ3v) is 3.33. The van der Waals surface area contributed by atoms with Crippen molar-refractivity contribution in [3.63, 3.8) is 0 Å². The van der Waals surface area contributed by atoms with Crippen LogP contribution in [0.15, 0.2) is 21.8 Å². The van der Waals surface area contributed by atoms with E-state index in [1.54, 1.807) is 7.11 Å². The van der Waals surface area contributed by atoms with E-state index in [1.807, 2.05) is 12.1 Å². The van der Waals surface area contributed by atoms with Crippen molar-refractivity contribution >= 4 is 33.2 Å². The van der Waals surface area contributed by atoms with Crippen molar-refractivity contribution in [3.8, 4) is 0 Å². The zero-order chi connectivity index (χ0) is 10.8. The summed E-state index contributed by atoms with van der Waals surface area (Å²) in [7, 11) is 1.57. The third kappa shape index (κ3) is 2.18. The van der Waals surface area contributed by atoms with Crippen LogP contribution in [0.3, 0.4) is 0 Å². The number of hydrogen-bond acceptors (Lipinski definition) is 2. The van der Waals surface area contributed by atoms with Crippen LogP contribution < -0.4 is 0 Å². The molecular weight excluding hydrogens is 277 g/mol. The molecule has 0 aliphatic heterocycles. The van der Waals surface area contributed by atoms with Gasteiger partial charge in [0.25, 0.3) is 0 Å². The molecular formula is C11H11BrClNO. The number of rotatable bonds is 1. The van der Waals surface area contributed by atoms with Gasteiger partial charge in [-0.3, -0.25) is 0 Å². The predicted octanol–water partition coefficient (Wildman–Crippen LogP) is 3.79. The topological polar surface area (TPSA) is 21.6 Å². The molecule has 0 aromatic heterocycles. The van der Waals surface area contributed by atoms with Crippen molar-refractivity contribution in [1.82, 2.24) is 0 Å². The van der Waals surface area contributed by atoms with Crippen molar-refractivity contribution in [2.24, 2.45) is 5.16 Å². The first-order chi connectivity index (χ1) is 7.22. The van der Waals surface area contributed by atoms with Crippen molar-refractivity contribution < 1.29 is 4.84 Å². The van der Waals surface area contributed by atoms with E-state index in [9.17, 15) is 0 Å². The van der Waals surface area contributed by atoms with E-state index in [0.717, 1.165) is 40.0 Å². The molecule has 2 rings (SSSR count). The quantitative estimate of drug-likeness (QED) is 0.721.